The van der Waals surface area contributed by atoms with Crippen molar-refractivity contribution in [1.29, 1.82) is 0 Å². The highest BCUT2D eigenvalue weighted by atomic mass is 15.0. The van der Waals surface area contributed by atoms with Crippen LogP contribution in [-0.4, -0.2) is 11.5 Å². The molecule has 2 nitrogen and oxygen atoms in total. The first-order valence-corrected chi connectivity index (χ1v) is 7.47. The van der Waals surface area contributed by atoms with Crippen molar-refractivity contribution in [1.82, 2.24) is 4.98 Å². The van der Waals surface area contributed by atoms with E-state index in [4.69, 9.17) is 0 Å². The number of fused-ring (bicyclic) bond motifs is 1. The molecule has 0 aliphatic carbocycles. The SMILES string of the molecule is CC(CCNc1ccc2ccccc2n1)c1ccccc1. The van der Waals surface area contributed by atoms with Crippen LogP contribution in [0.25, 0.3) is 10.9 Å². The number of anilines is 1. The van der Waals surface area contributed by atoms with E-state index in [-0.39, 0.29) is 0 Å². The third-order valence-electron chi connectivity index (χ3n) is 3.85. The third kappa shape index (κ3) is 3.40. The fourth-order valence-corrected chi connectivity index (χ4v) is 2.53. The van der Waals surface area contributed by atoms with Gasteiger partial charge in [-0.1, -0.05) is 55.5 Å². The van der Waals surface area contributed by atoms with Gasteiger partial charge in [0.25, 0.3) is 0 Å². The second-order valence-electron chi connectivity index (χ2n) is 5.42. The quantitative estimate of drug-likeness (QED) is 0.721. The van der Waals surface area contributed by atoms with Crippen molar-refractivity contribution >= 4 is 16.7 Å². The Morgan fingerprint density at radius 1 is 0.905 bits per heavy atom. The largest absolute Gasteiger partial charge is 0.370 e. The summed E-state index contributed by atoms with van der Waals surface area (Å²) in [5, 5.41) is 4.61. The highest BCUT2D eigenvalue weighted by Crippen LogP contribution is 2.19. The van der Waals surface area contributed by atoms with E-state index in [2.05, 4.69) is 65.8 Å². The minimum Gasteiger partial charge on any atom is -0.370 e. The molecule has 1 N–H and O–H groups in total. The van der Waals surface area contributed by atoms with E-state index in [1.807, 2.05) is 18.2 Å². The summed E-state index contributed by atoms with van der Waals surface area (Å²) in [5.41, 5.74) is 2.43. The lowest BCUT2D eigenvalue weighted by molar-refractivity contribution is 0.705. The highest BCUT2D eigenvalue weighted by Gasteiger charge is 2.04. The molecular formula is C19H20N2. The fraction of sp³-hybridized carbons (Fsp3) is 0.211. The van der Waals surface area contributed by atoms with Gasteiger partial charge in [-0.05, 0) is 36.1 Å². The average Bonchev–Trinajstić information content (AvgIpc) is 2.55. The Kier molecular flexibility index (Phi) is 4.15. The van der Waals surface area contributed by atoms with Crippen LogP contribution in [0.15, 0.2) is 66.7 Å². The standard InChI is InChI=1S/C19H20N2/c1-15(16-7-3-2-4-8-16)13-14-20-19-12-11-17-9-5-6-10-18(17)21-19/h2-12,15H,13-14H2,1H3,(H,20,21). The van der Waals surface area contributed by atoms with Crippen molar-refractivity contribution in [3.05, 3.63) is 72.3 Å². The van der Waals surface area contributed by atoms with Gasteiger partial charge in [-0.2, -0.15) is 0 Å². The Balaban J connectivity index is 1.59. The molecule has 0 amide bonds. The summed E-state index contributed by atoms with van der Waals surface area (Å²) >= 11 is 0. The van der Waals surface area contributed by atoms with E-state index in [0.29, 0.717) is 5.92 Å². The Labute approximate surface area is 125 Å². The van der Waals surface area contributed by atoms with Crippen LogP contribution < -0.4 is 5.32 Å². The summed E-state index contributed by atoms with van der Waals surface area (Å²) in [5.74, 6) is 1.51. The number of nitrogens with zero attached hydrogens (tertiary/aromatic N) is 1. The molecule has 0 radical (unpaired) electrons. The van der Waals surface area contributed by atoms with Crippen LogP contribution in [0.2, 0.25) is 0 Å². The summed E-state index contributed by atoms with van der Waals surface area (Å²) in [6.07, 6.45) is 1.10. The van der Waals surface area contributed by atoms with Crippen molar-refractivity contribution in [2.45, 2.75) is 19.3 Å². The number of rotatable bonds is 5. The first-order valence-electron chi connectivity index (χ1n) is 7.47. The zero-order valence-electron chi connectivity index (χ0n) is 12.3. The summed E-state index contributed by atoms with van der Waals surface area (Å²) in [4.78, 5) is 4.63. The minimum absolute atomic E-state index is 0.555. The van der Waals surface area contributed by atoms with Gasteiger partial charge in [-0.15, -0.1) is 0 Å². The summed E-state index contributed by atoms with van der Waals surface area (Å²) < 4.78 is 0. The molecule has 2 heteroatoms. The van der Waals surface area contributed by atoms with Crippen LogP contribution in [0.5, 0.6) is 0 Å². The maximum Gasteiger partial charge on any atom is 0.126 e. The lowest BCUT2D eigenvalue weighted by Crippen LogP contribution is -2.07. The van der Waals surface area contributed by atoms with Crippen LogP contribution in [0.1, 0.15) is 24.8 Å². The molecule has 0 saturated heterocycles. The minimum atomic E-state index is 0.555. The van der Waals surface area contributed by atoms with E-state index in [0.717, 1.165) is 24.3 Å². The van der Waals surface area contributed by atoms with Crippen LogP contribution in [0.3, 0.4) is 0 Å². The van der Waals surface area contributed by atoms with Crippen molar-refractivity contribution < 1.29 is 0 Å². The smallest absolute Gasteiger partial charge is 0.126 e. The van der Waals surface area contributed by atoms with Gasteiger partial charge in [0.2, 0.25) is 0 Å². The van der Waals surface area contributed by atoms with E-state index >= 15 is 0 Å². The topological polar surface area (TPSA) is 24.9 Å². The summed E-state index contributed by atoms with van der Waals surface area (Å²) in [7, 11) is 0. The van der Waals surface area contributed by atoms with Crippen molar-refractivity contribution in [2.75, 3.05) is 11.9 Å². The molecule has 0 bridgehead atoms. The van der Waals surface area contributed by atoms with E-state index in [9.17, 15) is 0 Å². The Morgan fingerprint density at radius 3 is 2.52 bits per heavy atom. The van der Waals surface area contributed by atoms with Gasteiger partial charge >= 0.3 is 0 Å². The Morgan fingerprint density at radius 2 is 1.67 bits per heavy atom. The molecule has 0 aliphatic rings. The average molecular weight is 276 g/mol. The highest BCUT2D eigenvalue weighted by molar-refractivity contribution is 5.79. The van der Waals surface area contributed by atoms with Crippen LogP contribution in [-0.2, 0) is 0 Å². The molecule has 1 unspecified atom stereocenters. The van der Waals surface area contributed by atoms with Crippen molar-refractivity contribution in [2.24, 2.45) is 0 Å². The molecule has 21 heavy (non-hydrogen) atoms. The van der Waals surface area contributed by atoms with E-state index < -0.39 is 0 Å². The third-order valence-corrected chi connectivity index (χ3v) is 3.85. The Bertz CT molecular complexity index is 707. The molecule has 0 saturated carbocycles. The maximum absolute atomic E-state index is 4.63. The molecule has 0 fully saturated rings. The molecular weight excluding hydrogens is 256 g/mol. The van der Waals surface area contributed by atoms with Gasteiger partial charge in [0.05, 0.1) is 5.52 Å². The fourth-order valence-electron chi connectivity index (χ4n) is 2.53. The monoisotopic (exact) mass is 276 g/mol. The first kappa shape index (κ1) is 13.6. The number of pyridine rings is 1. The summed E-state index contributed by atoms with van der Waals surface area (Å²) in [6.45, 7) is 3.20. The lowest BCUT2D eigenvalue weighted by Gasteiger charge is -2.13. The van der Waals surface area contributed by atoms with Gasteiger partial charge in [-0.25, -0.2) is 4.98 Å². The van der Waals surface area contributed by atoms with Gasteiger partial charge in [0.15, 0.2) is 0 Å². The second-order valence-corrected chi connectivity index (χ2v) is 5.42. The van der Waals surface area contributed by atoms with Gasteiger partial charge < -0.3 is 5.32 Å². The van der Waals surface area contributed by atoms with Gasteiger partial charge in [-0.3, -0.25) is 0 Å². The summed E-state index contributed by atoms with van der Waals surface area (Å²) in [6, 6.07) is 23.0. The number of para-hydroxylation sites is 1. The Hall–Kier alpha value is -2.35. The van der Waals surface area contributed by atoms with Crippen LogP contribution in [0.4, 0.5) is 5.82 Å². The number of nitrogens with one attached hydrogen (secondary N) is 1. The first-order chi connectivity index (χ1) is 10.3. The van der Waals surface area contributed by atoms with Crippen LogP contribution >= 0.6 is 0 Å². The normalized spacial score (nSPS) is 12.2. The van der Waals surface area contributed by atoms with Gasteiger partial charge in [0, 0.05) is 11.9 Å². The maximum atomic E-state index is 4.63. The van der Waals surface area contributed by atoms with Crippen molar-refractivity contribution in [3.63, 3.8) is 0 Å². The molecule has 0 spiro atoms. The molecule has 3 aromatic rings. The zero-order chi connectivity index (χ0) is 14.5. The molecule has 1 heterocycles. The van der Waals surface area contributed by atoms with Gasteiger partial charge in [0.1, 0.15) is 5.82 Å². The van der Waals surface area contributed by atoms with E-state index in [1.165, 1.54) is 10.9 Å². The number of hydrogen-bond acceptors (Lipinski definition) is 2. The lowest BCUT2D eigenvalue weighted by atomic mass is 9.98. The van der Waals surface area contributed by atoms with E-state index in [1.54, 1.807) is 0 Å². The van der Waals surface area contributed by atoms with Crippen LogP contribution in [0, 0.1) is 0 Å². The molecule has 3 rings (SSSR count). The predicted molar refractivity (Wildman–Crippen MR) is 89.7 cm³/mol. The molecule has 2 aromatic carbocycles. The zero-order valence-corrected chi connectivity index (χ0v) is 12.3. The van der Waals surface area contributed by atoms with Crippen molar-refractivity contribution in [3.8, 4) is 0 Å². The molecule has 1 aromatic heterocycles. The molecule has 1 atom stereocenters. The number of hydrogen-bond donors (Lipinski definition) is 1. The predicted octanol–water partition coefficient (Wildman–Crippen LogP) is 4.84. The number of aromatic nitrogens is 1. The second kappa shape index (κ2) is 6.40. The number of benzene rings is 2. The molecule has 0 aliphatic heterocycles. The molecule has 106 valence electrons.